The molecule has 0 unspecified atom stereocenters. The fourth-order valence-corrected chi connectivity index (χ4v) is 4.22. The van der Waals surface area contributed by atoms with Gasteiger partial charge in [-0.3, -0.25) is 4.79 Å². The Balaban J connectivity index is 1.91. The molecule has 0 spiro atoms. The summed E-state index contributed by atoms with van der Waals surface area (Å²) in [6, 6.07) is -0.380. The number of rotatable bonds is 5. The minimum Gasteiger partial charge on any atom is -0.353 e. The average molecular weight is 361 g/mol. The Morgan fingerprint density at radius 2 is 1.85 bits per heavy atom. The van der Waals surface area contributed by atoms with Gasteiger partial charge >= 0.3 is 0 Å². The first-order valence-electron chi connectivity index (χ1n) is 9.02. The molecule has 0 aromatic rings. The van der Waals surface area contributed by atoms with Crippen molar-refractivity contribution in [3.8, 4) is 12.3 Å². The second kappa shape index (κ2) is 8.36. The first-order valence-corrected chi connectivity index (χ1v) is 9.02. The van der Waals surface area contributed by atoms with Crippen molar-refractivity contribution in [1.29, 1.82) is 0 Å². The molecule has 0 N–H and O–H groups in total. The van der Waals surface area contributed by atoms with Gasteiger partial charge in [0.15, 0.2) is 0 Å². The number of hydrogen-bond acceptors (Lipinski definition) is 5. The topological polar surface area (TPSA) is 57.2 Å². The molecule has 0 aromatic carbocycles. The van der Waals surface area contributed by atoms with Crippen LogP contribution >= 0.6 is 0 Å². The lowest BCUT2D eigenvalue weighted by Gasteiger charge is -2.37. The number of nitrogens with zero attached hydrogens (tertiary/aromatic N) is 1. The minimum absolute atomic E-state index is 0.0141. The van der Waals surface area contributed by atoms with Crippen LogP contribution in [0.2, 0.25) is 0 Å². The van der Waals surface area contributed by atoms with Crippen LogP contribution < -0.4 is 0 Å². The van der Waals surface area contributed by atoms with E-state index in [1.165, 1.54) is 0 Å². The molecule has 3 heterocycles. The normalized spacial score (nSPS) is 33.2. The molecule has 3 aliphatic heterocycles. The van der Waals surface area contributed by atoms with Gasteiger partial charge in [-0.1, -0.05) is 24.3 Å². The van der Waals surface area contributed by atoms with Crippen LogP contribution in [0.15, 0.2) is 24.3 Å². The highest BCUT2D eigenvalue weighted by atomic mass is 16.7. The first kappa shape index (κ1) is 19.1. The van der Waals surface area contributed by atoms with Gasteiger partial charge < -0.3 is 23.8 Å². The third kappa shape index (κ3) is 3.45. The summed E-state index contributed by atoms with van der Waals surface area (Å²) in [4.78, 5) is 15.4. The van der Waals surface area contributed by atoms with Crippen LogP contribution in [-0.4, -0.2) is 61.9 Å². The summed E-state index contributed by atoms with van der Waals surface area (Å²) in [7, 11) is 0. The van der Waals surface area contributed by atoms with Gasteiger partial charge in [-0.15, -0.1) is 12.3 Å². The molecule has 0 saturated carbocycles. The van der Waals surface area contributed by atoms with Gasteiger partial charge in [0.25, 0.3) is 0 Å². The molecule has 26 heavy (non-hydrogen) atoms. The third-order valence-electron chi connectivity index (χ3n) is 5.37. The average Bonchev–Trinajstić information content (AvgIpc) is 2.98. The Morgan fingerprint density at radius 1 is 1.27 bits per heavy atom. The van der Waals surface area contributed by atoms with Crippen molar-refractivity contribution >= 4 is 5.91 Å². The summed E-state index contributed by atoms with van der Waals surface area (Å²) in [5.74, 6) is 2.16. The highest BCUT2D eigenvalue weighted by Gasteiger charge is 2.56. The van der Waals surface area contributed by atoms with Crippen molar-refractivity contribution in [1.82, 2.24) is 4.90 Å². The standard InChI is InChI=1S/C20H27NO5/c1-5-7-14(13(3)4)15(8-6-2)20(22)21-16-9-23-11-25-18(16)19-17(21)10-24-12-26-19/h2,5,7,14-19H,3,8-12H2,1,4H3/b7-5+/t14-,15-,16-,17-,18+,19+/m0/s1. The van der Waals surface area contributed by atoms with Crippen LogP contribution in [0.25, 0.3) is 0 Å². The van der Waals surface area contributed by atoms with Crippen molar-refractivity contribution in [3.05, 3.63) is 24.3 Å². The van der Waals surface area contributed by atoms with Gasteiger partial charge in [-0.05, 0) is 13.8 Å². The van der Waals surface area contributed by atoms with E-state index in [0.29, 0.717) is 19.6 Å². The summed E-state index contributed by atoms with van der Waals surface area (Å²) < 4.78 is 22.5. The number of terminal acetylenes is 1. The molecule has 1 amide bonds. The summed E-state index contributed by atoms with van der Waals surface area (Å²) >= 11 is 0. The largest absolute Gasteiger partial charge is 0.353 e. The summed E-state index contributed by atoms with van der Waals surface area (Å²) in [6.07, 6.45) is 9.47. The molecule has 6 nitrogen and oxygen atoms in total. The van der Waals surface area contributed by atoms with E-state index in [2.05, 4.69) is 12.5 Å². The van der Waals surface area contributed by atoms with Crippen molar-refractivity contribution in [3.63, 3.8) is 0 Å². The van der Waals surface area contributed by atoms with Gasteiger partial charge in [-0.2, -0.15) is 0 Å². The van der Waals surface area contributed by atoms with Crippen LogP contribution in [-0.2, 0) is 23.7 Å². The molecule has 0 aromatic heterocycles. The lowest BCUT2D eigenvalue weighted by atomic mass is 9.83. The maximum absolute atomic E-state index is 13.6. The molecule has 6 heteroatoms. The second-order valence-corrected chi connectivity index (χ2v) is 7.03. The minimum atomic E-state index is -0.378. The van der Waals surface area contributed by atoms with Crippen molar-refractivity contribution in [2.45, 2.75) is 44.6 Å². The Kier molecular flexibility index (Phi) is 6.15. The highest BCUT2D eigenvalue weighted by molar-refractivity contribution is 5.81. The Morgan fingerprint density at radius 3 is 2.31 bits per heavy atom. The molecule has 3 fully saturated rings. The van der Waals surface area contributed by atoms with Crippen LogP contribution in [0.5, 0.6) is 0 Å². The van der Waals surface area contributed by atoms with E-state index < -0.39 is 0 Å². The van der Waals surface area contributed by atoms with E-state index in [1.54, 1.807) is 0 Å². The van der Waals surface area contributed by atoms with E-state index in [0.717, 1.165) is 5.57 Å². The van der Waals surface area contributed by atoms with E-state index in [1.807, 2.05) is 30.9 Å². The van der Waals surface area contributed by atoms with Crippen LogP contribution in [0, 0.1) is 24.2 Å². The number of allylic oxidation sites excluding steroid dienone is 3. The summed E-state index contributed by atoms with van der Waals surface area (Å²) in [5, 5.41) is 0. The number of carbonyl (C=O) groups is 1. The van der Waals surface area contributed by atoms with Gasteiger partial charge in [0, 0.05) is 12.3 Å². The van der Waals surface area contributed by atoms with Crippen molar-refractivity contribution < 1.29 is 23.7 Å². The fraction of sp³-hybridized carbons (Fsp3) is 0.650. The van der Waals surface area contributed by atoms with Crippen LogP contribution in [0.3, 0.4) is 0 Å². The monoisotopic (exact) mass is 361 g/mol. The molecular formula is C20H27NO5. The third-order valence-corrected chi connectivity index (χ3v) is 5.37. The lowest BCUT2D eigenvalue weighted by molar-refractivity contribution is -0.208. The Labute approximate surface area is 155 Å². The van der Waals surface area contributed by atoms with Gasteiger partial charge in [0.05, 0.1) is 31.2 Å². The number of hydrogen-bond donors (Lipinski definition) is 0. The predicted octanol–water partition coefficient (Wildman–Crippen LogP) is 1.72. The lowest BCUT2D eigenvalue weighted by Crippen LogP contribution is -2.52. The van der Waals surface area contributed by atoms with Crippen molar-refractivity contribution in [2.75, 3.05) is 26.8 Å². The SMILES string of the molecule is C#CC[C@H](C(=O)N1[C@H]2COCO[C@H]2[C@@H]2OCOC[C@@H]21)[C@@H](/C=C/C)C(=C)C. The van der Waals surface area contributed by atoms with Gasteiger partial charge in [-0.25, -0.2) is 0 Å². The first-order chi connectivity index (χ1) is 12.6. The van der Waals surface area contributed by atoms with Crippen LogP contribution in [0.4, 0.5) is 0 Å². The van der Waals surface area contributed by atoms with Gasteiger partial charge in [0.1, 0.15) is 25.8 Å². The Hall–Kier alpha value is -1.65. The number of ether oxygens (including phenoxy) is 4. The molecule has 3 aliphatic rings. The zero-order valence-corrected chi connectivity index (χ0v) is 15.4. The molecular weight excluding hydrogens is 334 g/mol. The molecule has 142 valence electrons. The van der Waals surface area contributed by atoms with E-state index in [9.17, 15) is 4.79 Å². The molecule has 6 atom stereocenters. The molecule has 3 saturated heterocycles. The zero-order valence-electron chi connectivity index (χ0n) is 15.4. The molecule has 3 rings (SSSR count). The van der Waals surface area contributed by atoms with Gasteiger partial charge in [0.2, 0.25) is 5.91 Å². The predicted molar refractivity (Wildman–Crippen MR) is 95.9 cm³/mol. The van der Waals surface area contributed by atoms with E-state index in [4.69, 9.17) is 25.4 Å². The summed E-state index contributed by atoms with van der Waals surface area (Å²) in [5.41, 5.74) is 0.913. The zero-order chi connectivity index (χ0) is 18.7. The Bertz CT molecular complexity index is 588. The number of likely N-dealkylation sites (tertiary alicyclic amines) is 1. The number of carbonyl (C=O) groups excluding carboxylic acids is 1. The highest BCUT2D eigenvalue weighted by Crippen LogP contribution is 2.37. The smallest absolute Gasteiger partial charge is 0.228 e. The fourth-order valence-electron chi connectivity index (χ4n) is 4.22. The van der Waals surface area contributed by atoms with Crippen LogP contribution in [0.1, 0.15) is 20.3 Å². The molecule has 0 radical (unpaired) electrons. The number of fused-ring (bicyclic) bond motifs is 3. The van der Waals surface area contributed by atoms with E-state index in [-0.39, 0.29) is 55.6 Å². The molecule has 0 aliphatic carbocycles. The second-order valence-electron chi connectivity index (χ2n) is 7.03. The number of amides is 1. The quantitative estimate of drug-likeness (QED) is 0.551. The maximum atomic E-state index is 13.6. The molecule has 0 bridgehead atoms. The maximum Gasteiger partial charge on any atom is 0.228 e. The van der Waals surface area contributed by atoms with Crippen molar-refractivity contribution in [2.24, 2.45) is 11.8 Å². The summed E-state index contributed by atoms with van der Waals surface area (Å²) in [6.45, 7) is 9.21. The van der Waals surface area contributed by atoms with E-state index >= 15 is 0 Å².